The molecular weight excluding hydrogens is 729 g/mol. The van der Waals surface area contributed by atoms with Crippen molar-refractivity contribution in [1.29, 1.82) is 0 Å². The molecule has 4 fully saturated rings. The summed E-state index contributed by atoms with van der Waals surface area (Å²) in [6.45, 7) is 0. The molecule has 4 nitrogen and oxygen atoms in total. The van der Waals surface area contributed by atoms with Crippen LogP contribution in [0.1, 0.15) is 37.7 Å². The number of fused-ring (bicyclic) bond motifs is 4. The molecule has 4 unspecified atom stereocenters. The van der Waals surface area contributed by atoms with Crippen molar-refractivity contribution in [2.45, 2.75) is 37.5 Å². The van der Waals surface area contributed by atoms with Gasteiger partial charge < -0.3 is 4.57 Å². The van der Waals surface area contributed by atoms with Gasteiger partial charge in [-0.15, -0.1) is 0 Å². The fraction of sp³-hybridized carbons (Fsp3) is 0.196. The average molecular weight is 773 g/mol. The summed E-state index contributed by atoms with van der Waals surface area (Å²) in [7, 11) is 0. The number of hydrogen-bond donors (Lipinski definition) is 0. The van der Waals surface area contributed by atoms with E-state index in [1.54, 1.807) is 0 Å². The lowest BCUT2D eigenvalue weighted by molar-refractivity contribution is 0.00350. The Bertz CT molecular complexity index is 3070. The van der Waals surface area contributed by atoms with E-state index < -0.39 is 0 Å². The van der Waals surface area contributed by atoms with Crippen molar-refractivity contribution >= 4 is 21.8 Å². The second-order valence-corrected chi connectivity index (χ2v) is 18.2. The Morgan fingerprint density at radius 1 is 0.400 bits per heavy atom. The molecule has 288 valence electrons. The summed E-state index contributed by atoms with van der Waals surface area (Å²) in [6.07, 6.45) is 7.18. The van der Waals surface area contributed by atoms with Crippen LogP contribution in [0, 0.1) is 29.6 Å². The van der Waals surface area contributed by atoms with Crippen LogP contribution in [0.25, 0.3) is 83.9 Å². The molecule has 0 saturated heterocycles. The van der Waals surface area contributed by atoms with Crippen LogP contribution in [0.3, 0.4) is 0 Å². The summed E-state index contributed by atoms with van der Waals surface area (Å²) in [5.74, 6) is 7.11. The Labute approximate surface area is 350 Å². The summed E-state index contributed by atoms with van der Waals surface area (Å²) in [4.78, 5) is 15.2. The maximum Gasteiger partial charge on any atom is 0.164 e. The van der Waals surface area contributed by atoms with Gasteiger partial charge in [-0.25, -0.2) is 15.0 Å². The third-order valence-electron chi connectivity index (χ3n) is 15.1. The van der Waals surface area contributed by atoms with E-state index in [1.807, 2.05) is 18.2 Å². The highest BCUT2D eigenvalue weighted by Crippen LogP contribution is 2.72. The minimum absolute atomic E-state index is 0.375. The standard InChI is InChI=1S/C56H44N4/c1-3-9-35(10-4-1)41-23-28-51-48(31-41)47-13-7-8-14-50(47)60(51)46-26-21-37(22-27-46)36-15-17-39(18-16-36)54-57-53(38-11-5-2-6-12-38)58-55(59-54)40-19-24-45(25-20-40)56-32-43-29-42-30-44(33-56)52(42)49(43)34-56/h1-28,31,42-44,49,52H,29-30,32-34H2/t42?,43-,44-,49?,52?,56?/m0/s1. The SMILES string of the molecule is c1ccc(-c2ccc3c(c2)c2ccccc2n3-c2ccc(-c3ccc(-c4nc(-c5ccccc5)nc(-c5ccc(C67CC8C9C(C[C@H]8C6)C[C@H]9C7)cc5)n4)cc3)cc2)cc1. The molecular formula is C56H44N4. The normalized spacial score (nSPS) is 23.6. The highest BCUT2D eigenvalue weighted by Gasteiger charge is 2.65. The van der Waals surface area contributed by atoms with Gasteiger partial charge in [-0.2, -0.15) is 0 Å². The van der Waals surface area contributed by atoms with Crippen LogP contribution in [0.2, 0.25) is 0 Å². The molecule has 4 aliphatic carbocycles. The first-order valence-electron chi connectivity index (χ1n) is 21.9. The van der Waals surface area contributed by atoms with Gasteiger partial charge >= 0.3 is 0 Å². The van der Waals surface area contributed by atoms with Crippen LogP contribution in [-0.4, -0.2) is 19.5 Å². The van der Waals surface area contributed by atoms with Crippen molar-refractivity contribution in [3.05, 3.63) is 181 Å². The molecule has 0 spiro atoms. The molecule has 7 aromatic carbocycles. The molecule has 2 heterocycles. The topological polar surface area (TPSA) is 43.6 Å². The van der Waals surface area contributed by atoms with Gasteiger partial charge in [0.2, 0.25) is 0 Å². The van der Waals surface area contributed by atoms with Crippen LogP contribution < -0.4 is 0 Å². The lowest BCUT2D eigenvalue weighted by atomic mass is 9.52. The van der Waals surface area contributed by atoms with E-state index in [-0.39, 0.29) is 0 Å². The van der Waals surface area contributed by atoms with Crippen molar-refractivity contribution in [3.8, 4) is 62.1 Å². The summed E-state index contributed by atoms with van der Waals surface area (Å²) in [6, 6.07) is 63.4. The second kappa shape index (κ2) is 13.2. The molecule has 0 aliphatic heterocycles. The maximum atomic E-state index is 5.13. The van der Waals surface area contributed by atoms with Crippen LogP contribution in [0.5, 0.6) is 0 Å². The molecule has 0 radical (unpaired) electrons. The zero-order chi connectivity index (χ0) is 39.4. The van der Waals surface area contributed by atoms with E-state index in [0.29, 0.717) is 17.1 Å². The van der Waals surface area contributed by atoms with E-state index in [2.05, 4.69) is 162 Å². The Morgan fingerprint density at radius 2 is 0.900 bits per heavy atom. The van der Waals surface area contributed by atoms with Crippen molar-refractivity contribution < 1.29 is 0 Å². The fourth-order valence-electron chi connectivity index (χ4n) is 12.5. The van der Waals surface area contributed by atoms with Crippen LogP contribution in [0.15, 0.2) is 176 Å². The number of nitrogens with zero attached hydrogens (tertiary/aromatic N) is 4. The minimum atomic E-state index is 0.375. The fourth-order valence-corrected chi connectivity index (χ4v) is 12.5. The zero-order valence-electron chi connectivity index (χ0n) is 33.5. The molecule has 4 heteroatoms. The molecule has 13 rings (SSSR count). The van der Waals surface area contributed by atoms with E-state index in [4.69, 9.17) is 15.0 Å². The number of aromatic nitrogens is 4. The predicted molar refractivity (Wildman–Crippen MR) is 244 cm³/mol. The molecule has 4 saturated carbocycles. The van der Waals surface area contributed by atoms with E-state index in [1.165, 1.54) is 70.6 Å². The highest BCUT2D eigenvalue weighted by molar-refractivity contribution is 6.10. The van der Waals surface area contributed by atoms with Crippen molar-refractivity contribution in [1.82, 2.24) is 19.5 Å². The molecule has 9 aromatic rings. The molecule has 2 aromatic heterocycles. The molecule has 2 bridgehead atoms. The van der Waals surface area contributed by atoms with Crippen LogP contribution >= 0.6 is 0 Å². The summed E-state index contributed by atoms with van der Waals surface area (Å²) in [5.41, 5.74) is 13.2. The predicted octanol–water partition coefficient (Wildman–Crippen LogP) is 13.6. The van der Waals surface area contributed by atoms with Crippen molar-refractivity contribution in [2.24, 2.45) is 29.6 Å². The van der Waals surface area contributed by atoms with Crippen molar-refractivity contribution in [3.63, 3.8) is 0 Å². The average Bonchev–Trinajstić information content (AvgIpc) is 3.92. The third kappa shape index (κ3) is 5.33. The quantitative estimate of drug-likeness (QED) is 0.162. The maximum absolute atomic E-state index is 5.13. The smallest absolute Gasteiger partial charge is 0.164 e. The Morgan fingerprint density at radius 3 is 1.60 bits per heavy atom. The minimum Gasteiger partial charge on any atom is -0.309 e. The first-order valence-corrected chi connectivity index (χ1v) is 21.9. The summed E-state index contributed by atoms with van der Waals surface area (Å²) in [5, 5.41) is 2.52. The number of benzene rings is 7. The molecule has 60 heavy (non-hydrogen) atoms. The van der Waals surface area contributed by atoms with Gasteiger partial charge in [-0.05, 0) is 125 Å². The lowest BCUT2D eigenvalue weighted by Gasteiger charge is -2.52. The Hall–Kier alpha value is -6.65. The van der Waals surface area contributed by atoms with Gasteiger partial charge in [0.05, 0.1) is 11.0 Å². The second-order valence-electron chi connectivity index (χ2n) is 18.2. The summed E-state index contributed by atoms with van der Waals surface area (Å²) >= 11 is 0. The lowest BCUT2D eigenvalue weighted by Crippen LogP contribution is -2.45. The first kappa shape index (κ1) is 34.2. The Kier molecular flexibility index (Phi) is 7.52. The molecule has 6 atom stereocenters. The summed E-state index contributed by atoms with van der Waals surface area (Å²) < 4.78 is 2.38. The Balaban J connectivity index is 0.810. The van der Waals surface area contributed by atoms with Crippen molar-refractivity contribution in [2.75, 3.05) is 0 Å². The van der Waals surface area contributed by atoms with E-state index in [9.17, 15) is 0 Å². The van der Waals surface area contributed by atoms with Gasteiger partial charge in [0.15, 0.2) is 17.5 Å². The monoisotopic (exact) mass is 772 g/mol. The van der Waals surface area contributed by atoms with Crippen LogP contribution in [0.4, 0.5) is 0 Å². The number of hydrogen-bond acceptors (Lipinski definition) is 3. The van der Waals surface area contributed by atoms with E-state index in [0.717, 1.165) is 68.9 Å². The third-order valence-corrected chi connectivity index (χ3v) is 15.1. The van der Waals surface area contributed by atoms with Gasteiger partial charge in [0.25, 0.3) is 0 Å². The molecule has 4 aliphatic rings. The van der Waals surface area contributed by atoms with Gasteiger partial charge in [0, 0.05) is 33.2 Å². The highest BCUT2D eigenvalue weighted by atomic mass is 15.0. The largest absolute Gasteiger partial charge is 0.309 e. The van der Waals surface area contributed by atoms with Gasteiger partial charge in [0.1, 0.15) is 0 Å². The molecule has 0 N–H and O–H groups in total. The number of rotatable bonds is 7. The van der Waals surface area contributed by atoms with E-state index >= 15 is 0 Å². The van der Waals surface area contributed by atoms with Gasteiger partial charge in [-0.3, -0.25) is 0 Å². The first-order chi connectivity index (χ1) is 29.6. The molecule has 0 amide bonds. The van der Waals surface area contributed by atoms with Crippen LogP contribution in [-0.2, 0) is 5.41 Å². The van der Waals surface area contributed by atoms with Gasteiger partial charge in [-0.1, -0.05) is 146 Å². The zero-order valence-corrected chi connectivity index (χ0v) is 33.5. The number of para-hydroxylation sites is 1.